The normalized spacial score (nSPS) is 22.4. The second-order valence-electron chi connectivity index (χ2n) is 5.96. The minimum atomic E-state index is -2.90. The first-order chi connectivity index (χ1) is 8.64. The van der Waals surface area contributed by atoms with Gasteiger partial charge in [0.1, 0.15) is 0 Å². The summed E-state index contributed by atoms with van der Waals surface area (Å²) in [5, 5.41) is 0. The molecule has 0 radical (unpaired) electrons. The van der Waals surface area contributed by atoms with Crippen LogP contribution in [0, 0.1) is 0 Å². The Morgan fingerprint density at radius 2 is 1.74 bits per heavy atom. The summed E-state index contributed by atoms with van der Waals surface area (Å²) >= 11 is 0. The highest BCUT2D eigenvalue weighted by atomic mass is 32.2. The van der Waals surface area contributed by atoms with Gasteiger partial charge in [0.2, 0.25) is 5.91 Å². The van der Waals surface area contributed by atoms with Crippen molar-refractivity contribution >= 4 is 15.7 Å². The van der Waals surface area contributed by atoms with Gasteiger partial charge >= 0.3 is 0 Å². The Morgan fingerprint density at radius 1 is 1.21 bits per heavy atom. The third kappa shape index (κ3) is 4.45. The Labute approximate surface area is 116 Å². The first-order valence-electron chi connectivity index (χ1n) is 6.86. The van der Waals surface area contributed by atoms with Crippen LogP contribution in [0.15, 0.2) is 0 Å². The lowest BCUT2D eigenvalue weighted by molar-refractivity contribution is -0.136. The fourth-order valence-electron chi connectivity index (χ4n) is 2.72. The minimum absolute atomic E-state index is 0.0184. The zero-order valence-corrected chi connectivity index (χ0v) is 13.4. The largest absolute Gasteiger partial charge is 0.337 e. The monoisotopic (exact) mass is 290 g/mol. The fourth-order valence-corrected chi connectivity index (χ4v) is 4.52. The standard InChI is InChI=1S/C13H26N2O3S/c1-10(2)15(11(3)4)13(16)8-14(5)12-6-7-19(17,18)9-12/h10-12H,6-9H2,1-5H3. The van der Waals surface area contributed by atoms with E-state index in [1.807, 2.05) is 44.5 Å². The Balaban J connectivity index is 2.61. The summed E-state index contributed by atoms with van der Waals surface area (Å²) in [7, 11) is -1.06. The summed E-state index contributed by atoms with van der Waals surface area (Å²) in [5.41, 5.74) is 0. The van der Waals surface area contributed by atoms with Gasteiger partial charge < -0.3 is 4.90 Å². The summed E-state index contributed by atoms with van der Waals surface area (Å²) < 4.78 is 22.9. The van der Waals surface area contributed by atoms with Crippen LogP contribution in [0.1, 0.15) is 34.1 Å². The van der Waals surface area contributed by atoms with Crippen molar-refractivity contribution in [2.45, 2.75) is 52.2 Å². The van der Waals surface area contributed by atoms with Crippen molar-refractivity contribution < 1.29 is 13.2 Å². The molecule has 0 aromatic heterocycles. The minimum Gasteiger partial charge on any atom is -0.337 e. The summed E-state index contributed by atoms with van der Waals surface area (Å²) in [4.78, 5) is 16.0. The molecule has 1 fully saturated rings. The molecule has 19 heavy (non-hydrogen) atoms. The van der Waals surface area contributed by atoms with Crippen molar-refractivity contribution in [3.8, 4) is 0 Å². The number of nitrogens with zero attached hydrogens (tertiary/aromatic N) is 2. The van der Waals surface area contributed by atoms with Crippen LogP contribution in [-0.4, -0.2) is 67.3 Å². The molecule has 1 saturated heterocycles. The summed E-state index contributed by atoms with van der Waals surface area (Å²) in [6, 6.07) is 0.302. The van der Waals surface area contributed by atoms with Crippen molar-refractivity contribution in [2.75, 3.05) is 25.1 Å². The van der Waals surface area contributed by atoms with Gasteiger partial charge in [-0.15, -0.1) is 0 Å². The molecule has 1 unspecified atom stereocenters. The van der Waals surface area contributed by atoms with E-state index in [-0.39, 0.29) is 42.1 Å². The lowest BCUT2D eigenvalue weighted by Gasteiger charge is -2.33. The molecule has 0 saturated carbocycles. The molecule has 1 heterocycles. The van der Waals surface area contributed by atoms with E-state index in [0.29, 0.717) is 6.42 Å². The third-order valence-electron chi connectivity index (χ3n) is 3.62. The van der Waals surface area contributed by atoms with Crippen molar-refractivity contribution in [1.82, 2.24) is 9.80 Å². The van der Waals surface area contributed by atoms with Gasteiger partial charge in [-0.1, -0.05) is 0 Å². The summed E-state index contributed by atoms with van der Waals surface area (Å²) in [6.07, 6.45) is 0.634. The van der Waals surface area contributed by atoms with Gasteiger partial charge in [-0.25, -0.2) is 8.42 Å². The van der Waals surface area contributed by atoms with E-state index in [1.165, 1.54) is 0 Å². The highest BCUT2D eigenvalue weighted by Crippen LogP contribution is 2.17. The van der Waals surface area contributed by atoms with Gasteiger partial charge in [0, 0.05) is 18.1 Å². The van der Waals surface area contributed by atoms with Crippen LogP contribution < -0.4 is 0 Å². The Kier molecular flexibility index (Phi) is 5.38. The van der Waals surface area contributed by atoms with Crippen molar-refractivity contribution in [2.24, 2.45) is 0 Å². The van der Waals surface area contributed by atoms with Gasteiger partial charge in [-0.05, 0) is 41.2 Å². The maximum Gasteiger partial charge on any atom is 0.237 e. The van der Waals surface area contributed by atoms with E-state index in [1.54, 1.807) is 0 Å². The maximum absolute atomic E-state index is 12.3. The van der Waals surface area contributed by atoms with E-state index in [9.17, 15) is 13.2 Å². The molecule has 0 N–H and O–H groups in total. The predicted molar refractivity (Wildman–Crippen MR) is 76.8 cm³/mol. The Bertz CT molecular complexity index is 410. The molecular formula is C13H26N2O3S. The van der Waals surface area contributed by atoms with Gasteiger partial charge in [0.25, 0.3) is 0 Å². The number of carbonyl (C=O) groups excluding carboxylic acids is 1. The van der Waals surface area contributed by atoms with E-state index in [4.69, 9.17) is 0 Å². The number of hydrogen-bond acceptors (Lipinski definition) is 4. The van der Waals surface area contributed by atoms with Crippen LogP contribution in [-0.2, 0) is 14.6 Å². The molecular weight excluding hydrogens is 264 g/mol. The number of hydrogen-bond donors (Lipinski definition) is 0. The fraction of sp³-hybridized carbons (Fsp3) is 0.923. The molecule has 0 aliphatic carbocycles. The molecule has 1 aliphatic heterocycles. The average Bonchev–Trinajstić information content (AvgIpc) is 2.57. The van der Waals surface area contributed by atoms with Crippen LogP contribution in [0.4, 0.5) is 0 Å². The second kappa shape index (κ2) is 6.22. The highest BCUT2D eigenvalue weighted by molar-refractivity contribution is 7.91. The first-order valence-corrected chi connectivity index (χ1v) is 8.68. The van der Waals surface area contributed by atoms with Crippen molar-refractivity contribution in [1.29, 1.82) is 0 Å². The van der Waals surface area contributed by atoms with E-state index in [2.05, 4.69) is 0 Å². The molecule has 1 amide bonds. The third-order valence-corrected chi connectivity index (χ3v) is 5.37. The van der Waals surface area contributed by atoms with Crippen molar-refractivity contribution in [3.05, 3.63) is 0 Å². The first kappa shape index (κ1) is 16.4. The van der Waals surface area contributed by atoms with Gasteiger partial charge in [0.05, 0.1) is 18.1 Å². The molecule has 1 aliphatic rings. The number of sulfone groups is 1. The lowest BCUT2D eigenvalue weighted by atomic mass is 10.2. The molecule has 112 valence electrons. The summed E-state index contributed by atoms with van der Waals surface area (Å²) in [6.45, 7) is 8.28. The number of likely N-dealkylation sites (N-methyl/N-ethyl adjacent to an activating group) is 1. The topological polar surface area (TPSA) is 57.7 Å². The predicted octanol–water partition coefficient (Wildman–Crippen LogP) is 0.751. The Hall–Kier alpha value is -0.620. The summed E-state index contributed by atoms with van der Waals surface area (Å²) in [5.74, 6) is 0.491. The van der Waals surface area contributed by atoms with Crippen LogP contribution in [0.25, 0.3) is 0 Å². The van der Waals surface area contributed by atoms with Gasteiger partial charge in [-0.2, -0.15) is 0 Å². The van der Waals surface area contributed by atoms with Crippen molar-refractivity contribution in [3.63, 3.8) is 0 Å². The number of carbonyl (C=O) groups is 1. The zero-order chi connectivity index (χ0) is 14.8. The SMILES string of the molecule is CC(C)N(C(=O)CN(C)C1CCS(=O)(=O)C1)C(C)C. The van der Waals surface area contributed by atoms with Gasteiger partial charge in [-0.3, -0.25) is 9.69 Å². The molecule has 5 nitrogen and oxygen atoms in total. The van der Waals surface area contributed by atoms with E-state index < -0.39 is 9.84 Å². The molecule has 6 heteroatoms. The van der Waals surface area contributed by atoms with Crippen LogP contribution in [0.5, 0.6) is 0 Å². The number of rotatable bonds is 5. The quantitative estimate of drug-likeness (QED) is 0.750. The molecule has 0 aromatic rings. The molecule has 1 atom stereocenters. The molecule has 0 bridgehead atoms. The van der Waals surface area contributed by atoms with Gasteiger partial charge in [0.15, 0.2) is 9.84 Å². The smallest absolute Gasteiger partial charge is 0.237 e. The average molecular weight is 290 g/mol. The zero-order valence-electron chi connectivity index (χ0n) is 12.6. The van der Waals surface area contributed by atoms with E-state index >= 15 is 0 Å². The van der Waals surface area contributed by atoms with Crippen LogP contribution in [0.3, 0.4) is 0 Å². The molecule has 0 aromatic carbocycles. The maximum atomic E-state index is 12.3. The highest BCUT2D eigenvalue weighted by Gasteiger charge is 2.32. The van der Waals surface area contributed by atoms with E-state index in [0.717, 1.165) is 0 Å². The molecule has 1 rings (SSSR count). The number of amides is 1. The lowest BCUT2D eigenvalue weighted by Crippen LogP contribution is -2.48. The second-order valence-corrected chi connectivity index (χ2v) is 8.19. The van der Waals surface area contributed by atoms with Crippen LogP contribution in [0.2, 0.25) is 0 Å². The van der Waals surface area contributed by atoms with Crippen LogP contribution >= 0.6 is 0 Å². The Morgan fingerprint density at radius 3 is 2.11 bits per heavy atom. The molecule has 0 spiro atoms.